The molecule has 1 saturated heterocycles. The summed E-state index contributed by atoms with van der Waals surface area (Å²) in [6.07, 6.45) is 0.454. The smallest absolute Gasteiger partial charge is 0.323 e. The Balaban J connectivity index is 1.65. The molecule has 0 bridgehead atoms. The molecule has 120 valence electrons. The zero-order valence-corrected chi connectivity index (χ0v) is 12.8. The normalized spacial score (nSPS) is 17.3. The third-order valence-corrected chi connectivity index (χ3v) is 3.91. The van der Waals surface area contributed by atoms with Crippen molar-refractivity contribution < 1.29 is 19.2 Å². The van der Waals surface area contributed by atoms with E-state index in [9.17, 15) is 9.59 Å². The van der Waals surface area contributed by atoms with E-state index in [2.05, 4.69) is 10.5 Å². The number of carboxylic acid groups (broad SMARTS) is 1. The van der Waals surface area contributed by atoms with E-state index in [1.165, 1.54) is 4.90 Å². The standard InChI is InChI=1S/C15H14ClN3O4/c16-11-3-1-2-9(6-11)12-7-13(18-23-12)17-15(22)19-5-4-10(8-19)14(20)21/h1-3,6-7,10H,4-5,8H2,(H,20,21)(H,17,18,22). The molecule has 1 aliphatic heterocycles. The number of carbonyl (C=O) groups is 2. The Bertz CT molecular complexity index is 746. The number of rotatable bonds is 3. The van der Waals surface area contributed by atoms with E-state index in [1.54, 1.807) is 24.3 Å². The molecule has 2 heterocycles. The molecule has 0 saturated carbocycles. The number of hydrogen-bond donors (Lipinski definition) is 2. The Kier molecular flexibility index (Phi) is 4.20. The second-order valence-corrected chi connectivity index (χ2v) is 5.72. The first-order valence-electron chi connectivity index (χ1n) is 7.04. The molecule has 0 radical (unpaired) electrons. The van der Waals surface area contributed by atoms with Gasteiger partial charge in [0.25, 0.3) is 0 Å². The second-order valence-electron chi connectivity index (χ2n) is 5.29. The molecular formula is C15H14ClN3O4. The highest BCUT2D eigenvalue weighted by Crippen LogP contribution is 2.25. The van der Waals surface area contributed by atoms with E-state index in [1.807, 2.05) is 6.07 Å². The topological polar surface area (TPSA) is 95.7 Å². The van der Waals surface area contributed by atoms with Crippen LogP contribution < -0.4 is 5.32 Å². The number of aromatic nitrogens is 1. The van der Waals surface area contributed by atoms with Gasteiger partial charge in [-0.05, 0) is 18.6 Å². The zero-order valence-electron chi connectivity index (χ0n) is 12.0. The van der Waals surface area contributed by atoms with Crippen LogP contribution in [0.2, 0.25) is 5.02 Å². The summed E-state index contributed by atoms with van der Waals surface area (Å²) in [5.74, 6) is -0.651. The maximum atomic E-state index is 12.1. The average molecular weight is 336 g/mol. The van der Waals surface area contributed by atoms with Crippen molar-refractivity contribution in [1.82, 2.24) is 10.1 Å². The van der Waals surface area contributed by atoms with Crippen molar-refractivity contribution in [1.29, 1.82) is 0 Å². The van der Waals surface area contributed by atoms with Crippen molar-refractivity contribution >= 4 is 29.4 Å². The third kappa shape index (κ3) is 3.45. The van der Waals surface area contributed by atoms with E-state index in [0.29, 0.717) is 23.7 Å². The molecule has 2 N–H and O–H groups in total. The van der Waals surface area contributed by atoms with Gasteiger partial charge in [-0.1, -0.05) is 28.9 Å². The summed E-state index contributed by atoms with van der Waals surface area (Å²) in [5, 5.41) is 15.9. The van der Waals surface area contributed by atoms with Crippen LogP contribution in [-0.2, 0) is 4.79 Å². The van der Waals surface area contributed by atoms with Crippen molar-refractivity contribution in [2.24, 2.45) is 5.92 Å². The SMILES string of the molecule is O=C(O)C1CCN(C(=O)Nc2cc(-c3cccc(Cl)c3)on2)C1. The minimum atomic E-state index is -0.884. The van der Waals surface area contributed by atoms with Crippen LogP contribution in [0, 0.1) is 5.92 Å². The number of carbonyl (C=O) groups excluding carboxylic acids is 1. The number of nitrogens with zero attached hydrogens (tertiary/aromatic N) is 2. The number of anilines is 1. The summed E-state index contributed by atoms with van der Waals surface area (Å²) in [4.78, 5) is 24.5. The maximum absolute atomic E-state index is 12.1. The molecular weight excluding hydrogens is 322 g/mol. The van der Waals surface area contributed by atoms with Crippen molar-refractivity contribution in [2.75, 3.05) is 18.4 Å². The number of amides is 2. The molecule has 1 fully saturated rings. The Hall–Kier alpha value is -2.54. The van der Waals surface area contributed by atoms with E-state index in [-0.39, 0.29) is 18.4 Å². The highest BCUT2D eigenvalue weighted by atomic mass is 35.5. The van der Waals surface area contributed by atoms with Crippen molar-refractivity contribution in [3.8, 4) is 11.3 Å². The first kappa shape index (κ1) is 15.4. The number of nitrogens with one attached hydrogen (secondary N) is 1. The van der Waals surface area contributed by atoms with Crippen LogP contribution in [0.3, 0.4) is 0 Å². The van der Waals surface area contributed by atoms with Crippen LogP contribution in [0.4, 0.5) is 10.6 Å². The predicted octanol–water partition coefficient (Wildman–Crippen LogP) is 2.93. The summed E-state index contributed by atoms with van der Waals surface area (Å²) in [7, 11) is 0. The molecule has 1 aromatic carbocycles. The molecule has 1 atom stereocenters. The van der Waals surface area contributed by atoms with Gasteiger partial charge < -0.3 is 14.5 Å². The van der Waals surface area contributed by atoms with Gasteiger partial charge in [0.1, 0.15) is 0 Å². The molecule has 3 rings (SSSR count). The van der Waals surface area contributed by atoms with Gasteiger partial charge in [0, 0.05) is 29.7 Å². The fourth-order valence-electron chi connectivity index (χ4n) is 2.45. The van der Waals surface area contributed by atoms with Gasteiger partial charge in [-0.25, -0.2) is 4.79 Å². The summed E-state index contributed by atoms with van der Waals surface area (Å²) in [6, 6.07) is 8.28. The van der Waals surface area contributed by atoms with E-state index in [0.717, 1.165) is 5.56 Å². The quantitative estimate of drug-likeness (QED) is 0.899. The number of carboxylic acids is 1. The summed E-state index contributed by atoms with van der Waals surface area (Å²) in [5.41, 5.74) is 0.748. The predicted molar refractivity (Wildman–Crippen MR) is 83.3 cm³/mol. The molecule has 0 aliphatic carbocycles. The monoisotopic (exact) mass is 335 g/mol. The lowest BCUT2D eigenvalue weighted by atomic mass is 10.1. The minimum absolute atomic E-state index is 0.195. The first-order chi connectivity index (χ1) is 11.0. The molecule has 2 aromatic rings. The van der Waals surface area contributed by atoms with Crippen LogP contribution in [0.5, 0.6) is 0 Å². The fraction of sp³-hybridized carbons (Fsp3) is 0.267. The van der Waals surface area contributed by atoms with Crippen molar-refractivity contribution in [2.45, 2.75) is 6.42 Å². The Morgan fingerprint density at radius 1 is 1.39 bits per heavy atom. The first-order valence-corrected chi connectivity index (χ1v) is 7.42. The maximum Gasteiger partial charge on any atom is 0.323 e. The zero-order chi connectivity index (χ0) is 16.4. The van der Waals surface area contributed by atoms with Crippen molar-refractivity contribution in [3.63, 3.8) is 0 Å². The molecule has 1 aromatic heterocycles. The number of halogens is 1. The lowest BCUT2D eigenvalue weighted by Gasteiger charge is -2.15. The van der Waals surface area contributed by atoms with Gasteiger partial charge in [0.05, 0.1) is 5.92 Å². The second kappa shape index (κ2) is 6.29. The van der Waals surface area contributed by atoms with Gasteiger partial charge in [0.15, 0.2) is 11.6 Å². The van der Waals surface area contributed by atoms with Crippen molar-refractivity contribution in [3.05, 3.63) is 35.4 Å². The minimum Gasteiger partial charge on any atom is -0.481 e. The fourth-order valence-corrected chi connectivity index (χ4v) is 2.64. The van der Waals surface area contributed by atoms with Crippen LogP contribution >= 0.6 is 11.6 Å². The van der Waals surface area contributed by atoms with Crippen LogP contribution in [-0.4, -0.2) is 40.3 Å². The molecule has 2 amide bonds. The van der Waals surface area contributed by atoms with Gasteiger partial charge >= 0.3 is 12.0 Å². The Morgan fingerprint density at radius 2 is 2.22 bits per heavy atom. The van der Waals surface area contributed by atoms with Crippen LogP contribution in [0.25, 0.3) is 11.3 Å². The number of aliphatic carboxylic acids is 1. The van der Waals surface area contributed by atoms with Crippen LogP contribution in [0.15, 0.2) is 34.9 Å². The number of likely N-dealkylation sites (tertiary alicyclic amines) is 1. The molecule has 7 nitrogen and oxygen atoms in total. The molecule has 8 heteroatoms. The number of benzene rings is 1. The lowest BCUT2D eigenvalue weighted by molar-refractivity contribution is -0.141. The molecule has 1 unspecified atom stereocenters. The Labute approximate surface area is 136 Å². The number of urea groups is 1. The largest absolute Gasteiger partial charge is 0.481 e. The summed E-state index contributed by atoms with van der Waals surface area (Å²) < 4.78 is 5.19. The van der Waals surface area contributed by atoms with Gasteiger partial charge in [-0.3, -0.25) is 10.1 Å². The van der Waals surface area contributed by atoms with Gasteiger partial charge in [-0.15, -0.1) is 0 Å². The van der Waals surface area contributed by atoms with Gasteiger partial charge in [0.2, 0.25) is 0 Å². The Morgan fingerprint density at radius 3 is 2.91 bits per heavy atom. The third-order valence-electron chi connectivity index (χ3n) is 3.68. The van der Waals surface area contributed by atoms with E-state index in [4.69, 9.17) is 21.2 Å². The number of hydrogen-bond acceptors (Lipinski definition) is 4. The summed E-state index contributed by atoms with van der Waals surface area (Å²) in [6.45, 7) is 0.599. The molecule has 23 heavy (non-hydrogen) atoms. The average Bonchev–Trinajstić information content (AvgIpc) is 3.16. The van der Waals surface area contributed by atoms with E-state index < -0.39 is 11.9 Å². The molecule has 0 spiro atoms. The van der Waals surface area contributed by atoms with Crippen LogP contribution in [0.1, 0.15) is 6.42 Å². The van der Waals surface area contributed by atoms with E-state index >= 15 is 0 Å². The molecule has 1 aliphatic rings. The highest BCUT2D eigenvalue weighted by molar-refractivity contribution is 6.30. The lowest BCUT2D eigenvalue weighted by Crippen LogP contribution is -2.33. The highest BCUT2D eigenvalue weighted by Gasteiger charge is 2.31. The summed E-state index contributed by atoms with van der Waals surface area (Å²) >= 11 is 5.92. The van der Waals surface area contributed by atoms with Gasteiger partial charge in [-0.2, -0.15) is 0 Å².